The molecule has 1 aliphatic rings. The molecule has 0 spiro atoms. The minimum Gasteiger partial charge on any atom is -0.327 e. The summed E-state index contributed by atoms with van der Waals surface area (Å²) in [6.07, 6.45) is -4.00. The summed E-state index contributed by atoms with van der Waals surface area (Å²) in [5, 5.41) is 2.23. The number of hydrogen-bond acceptors (Lipinski definition) is 3. The Kier molecular flexibility index (Phi) is 4.26. The topological polar surface area (TPSA) is 65.2 Å². The summed E-state index contributed by atoms with van der Waals surface area (Å²) >= 11 is 1.69. The molecule has 0 unspecified atom stereocenters. The first-order chi connectivity index (χ1) is 9.38. The first-order valence-electron chi connectivity index (χ1n) is 5.81. The second kappa shape index (κ2) is 5.78. The van der Waals surface area contributed by atoms with Gasteiger partial charge in [-0.3, -0.25) is 4.79 Å². The van der Waals surface area contributed by atoms with Crippen molar-refractivity contribution in [2.45, 2.75) is 6.18 Å². The molecule has 2 rings (SSSR count). The Hall–Kier alpha value is -1.64. The molecule has 9 heteroatoms. The summed E-state index contributed by atoms with van der Waals surface area (Å²) in [5.41, 5.74) is -2.18. The molecule has 5 nitrogen and oxygen atoms in total. The van der Waals surface area contributed by atoms with Crippen LogP contribution in [0.2, 0.25) is 0 Å². The van der Waals surface area contributed by atoms with Crippen LogP contribution in [0.15, 0.2) is 17.1 Å². The van der Waals surface area contributed by atoms with Crippen LogP contribution >= 0.6 is 11.8 Å². The van der Waals surface area contributed by atoms with Crippen LogP contribution in [0.5, 0.6) is 0 Å². The molecule has 2 amide bonds. The van der Waals surface area contributed by atoms with E-state index in [-0.39, 0.29) is 0 Å². The minimum absolute atomic E-state index is 0.400. The fourth-order valence-electron chi connectivity index (χ4n) is 1.70. The molecule has 0 atom stereocenters. The largest absolute Gasteiger partial charge is 0.417 e. The van der Waals surface area contributed by atoms with Crippen molar-refractivity contribution in [3.63, 3.8) is 0 Å². The lowest BCUT2D eigenvalue weighted by Crippen LogP contribution is -2.41. The molecule has 1 aromatic heterocycles. The molecular formula is C11H12F3N3O2S. The Labute approximate surface area is 116 Å². The number of rotatable bonds is 1. The monoisotopic (exact) mass is 307 g/mol. The quantitative estimate of drug-likeness (QED) is 0.834. The third-order valence-corrected chi connectivity index (χ3v) is 3.71. The first-order valence-corrected chi connectivity index (χ1v) is 6.97. The maximum Gasteiger partial charge on any atom is 0.417 e. The zero-order valence-corrected chi connectivity index (χ0v) is 11.1. The van der Waals surface area contributed by atoms with Crippen molar-refractivity contribution in [3.8, 4) is 0 Å². The lowest BCUT2D eigenvalue weighted by atomic mass is 10.2. The number of aromatic nitrogens is 1. The third-order valence-electron chi connectivity index (χ3n) is 2.77. The highest BCUT2D eigenvalue weighted by Gasteiger charge is 2.31. The molecule has 1 fully saturated rings. The second-order valence-corrected chi connectivity index (χ2v) is 5.38. The van der Waals surface area contributed by atoms with Gasteiger partial charge in [0.25, 0.3) is 5.56 Å². The number of nitrogens with zero attached hydrogens (tertiary/aromatic N) is 1. The highest BCUT2D eigenvalue weighted by Crippen LogP contribution is 2.29. The first kappa shape index (κ1) is 14.8. The Bertz CT molecular complexity index is 553. The summed E-state index contributed by atoms with van der Waals surface area (Å²) in [6, 6.07) is 0.0743. The molecule has 20 heavy (non-hydrogen) atoms. The number of nitrogens with one attached hydrogen (secondary N) is 2. The number of thioether (sulfide) groups is 1. The van der Waals surface area contributed by atoms with Crippen molar-refractivity contribution in [3.05, 3.63) is 28.2 Å². The summed E-state index contributed by atoms with van der Waals surface area (Å²) in [6.45, 7) is 1.01. The highest BCUT2D eigenvalue weighted by atomic mass is 32.2. The van der Waals surface area contributed by atoms with Gasteiger partial charge < -0.3 is 15.2 Å². The lowest BCUT2D eigenvalue weighted by Gasteiger charge is -2.26. The number of amides is 2. The van der Waals surface area contributed by atoms with Gasteiger partial charge in [-0.05, 0) is 6.07 Å². The van der Waals surface area contributed by atoms with E-state index < -0.39 is 29.0 Å². The Morgan fingerprint density at radius 3 is 2.60 bits per heavy atom. The van der Waals surface area contributed by atoms with Crippen LogP contribution < -0.4 is 10.9 Å². The van der Waals surface area contributed by atoms with Gasteiger partial charge in [-0.25, -0.2) is 4.79 Å². The molecule has 0 aromatic carbocycles. The average Bonchev–Trinajstić information content (AvgIpc) is 2.41. The Balaban J connectivity index is 2.16. The molecule has 1 aromatic rings. The predicted octanol–water partition coefficient (Wildman–Crippen LogP) is 1.97. The van der Waals surface area contributed by atoms with E-state index in [0.29, 0.717) is 25.4 Å². The van der Waals surface area contributed by atoms with Gasteiger partial charge in [-0.2, -0.15) is 24.9 Å². The van der Waals surface area contributed by atoms with Gasteiger partial charge in [0.15, 0.2) is 0 Å². The number of carbonyl (C=O) groups is 1. The van der Waals surface area contributed by atoms with E-state index in [1.807, 2.05) is 4.98 Å². The van der Waals surface area contributed by atoms with Crippen LogP contribution in [0.3, 0.4) is 0 Å². The van der Waals surface area contributed by atoms with Crippen LogP contribution in [-0.2, 0) is 6.18 Å². The van der Waals surface area contributed by atoms with Crippen molar-refractivity contribution in [1.82, 2.24) is 9.88 Å². The minimum atomic E-state index is -4.58. The van der Waals surface area contributed by atoms with Crippen molar-refractivity contribution >= 4 is 23.5 Å². The Morgan fingerprint density at radius 1 is 1.35 bits per heavy atom. The van der Waals surface area contributed by atoms with E-state index in [2.05, 4.69) is 5.32 Å². The number of pyridine rings is 1. The molecule has 0 radical (unpaired) electrons. The van der Waals surface area contributed by atoms with Crippen LogP contribution in [0, 0.1) is 0 Å². The molecule has 0 aliphatic carbocycles. The van der Waals surface area contributed by atoms with Crippen molar-refractivity contribution in [2.75, 3.05) is 29.9 Å². The SMILES string of the molecule is O=C(Nc1cc(C(F)(F)F)c[nH]c1=O)N1CCSCC1. The van der Waals surface area contributed by atoms with Crippen LogP contribution in [-0.4, -0.2) is 40.5 Å². The maximum absolute atomic E-state index is 12.5. The van der Waals surface area contributed by atoms with Gasteiger partial charge in [-0.15, -0.1) is 0 Å². The van der Waals surface area contributed by atoms with Gasteiger partial charge in [0.05, 0.1) is 5.56 Å². The zero-order chi connectivity index (χ0) is 14.8. The number of carbonyl (C=O) groups excluding carboxylic acids is 1. The van der Waals surface area contributed by atoms with Gasteiger partial charge in [0, 0.05) is 30.8 Å². The maximum atomic E-state index is 12.5. The van der Waals surface area contributed by atoms with E-state index in [9.17, 15) is 22.8 Å². The van der Waals surface area contributed by atoms with E-state index in [0.717, 1.165) is 11.5 Å². The molecule has 2 heterocycles. The van der Waals surface area contributed by atoms with E-state index in [1.165, 1.54) is 4.90 Å². The number of urea groups is 1. The molecule has 1 aliphatic heterocycles. The number of alkyl halides is 3. The molecule has 110 valence electrons. The van der Waals surface area contributed by atoms with Crippen LogP contribution in [0.4, 0.5) is 23.7 Å². The Morgan fingerprint density at radius 2 is 2.00 bits per heavy atom. The van der Waals surface area contributed by atoms with Crippen molar-refractivity contribution in [2.24, 2.45) is 0 Å². The van der Waals surface area contributed by atoms with Crippen LogP contribution in [0.1, 0.15) is 5.56 Å². The third kappa shape index (κ3) is 3.47. The van der Waals surface area contributed by atoms with Crippen molar-refractivity contribution in [1.29, 1.82) is 0 Å². The summed E-state index contributed by atoms with van der Waals surface area (Å²) < 4.78 is 37.6. The summed E-state index contributed by atoms with van der Waals surface area (Å²) in [7, 11) is 0. The zero-order valence-electron chi connectivity index (χ0n) is 10.3. The van der Waals surface area contributed by atoms with Crippen LogP contribution in [0.25, 0.3) is 0 Å². The van der Waals surface area contributed by atoms with E-state index >= 15 is 0 Å². The van der Waals surface area contributed by atoms with Crippen molar-refractivity contribution < 1.29 is 18.0 Å². The number of aromatic amines is 1. The molecule has 0 bridgehead atoms. The predicted molar refractivity (Wildman–Crippen MR) is 70.0 cm³/mol. The smallest absolute Gasteiger partial charge is 0.327 e. The fourth-order valence-corrected chi connectivity index (χ4v) is 2.60. The second-order valence-electron chi connectivity index (χ2n) is 4.16. The van der Waals surface area contributed by atoms with E-state index in [1.54, 1.807) is 11.8 Å². The average molecular weight is 307 g/mol. The summed E-state index contributed by atoms with van der Waals surface area (Å²) in [4.78, 5) is 26.7. The van der Waals surface area contributed by atoms with Gasteiger partial charge >= 0.3 is 12.2 Å². The lowest BCUT2D eigenvalue weighted by molar-refractivity contribution is -0.137. The number of hydrogen-bond donors (Lipinski definition) is 2. The molecule has 0 saturated carbocycles. The van der Waals surface area contributed by atoms with Gasteiger partial charge in [-0.1, -0.05) is 0 Å². The number of H-pyrrole nitrogens is 1. The highest BCUT2D eigenvalue weighted by molar-refractivity contribution is 7.99. The molecular weight excluding hydrogens is 295 g/mol. The standard InChI is InChI=1S/C11H12F3N3O2S/c12-11(13,14)7-5-8(9(18)15-6-7)16-10(19)17-1-3-20-4-2-17/h5-6H,1-4H2,(H,15,18)(H,16,19). The van der Waals surface area contributed by atoms with Gasteiger partial charge in [0.2, 0.25) is 0 Å². The molecule has 2 N–H and O–H groups in total. The molecule has 1 saturated heterocycles. The fraction of sp³-hybridized carbons (Fsp3) is 0.455. The number of halogens is 3. The normalized spacial score (nSPS) is 16.1. The van der Waals surface area contributed by atoms with Gasteiger partial charge in [0.1, 0.15) is 5.69 Å². The summed E-state index contributed by atoms with van der Waals surface area (Å²) in [5.74, 6) is 1.54. The van der Waals surface area contributed by atoms with E-state index in [4.69, 9.17) is 0 Å². The number of anilines is 1.